The first-order valence-corrected chi connectivity index (χ1v) is 6.31. The molecular formula is C15H15N3O2. The van der Waals surface area contributed by atoms with E-state index in [-0.39, 0.29) is 5.69 Å². The van der Waals surface area contributed by atoms with Crippen LogP contribution in [0.2, 0.25) is 0 Å². The Morgan fingerprint density at radius 1 is 1.15 bits per heavy atom. The number of carbonyl (C=O) groups is 1. The third-order valence-electron chi connectivity index (χ3n) is 3.56. The molecule has 0 bridgehead atoms. The normalized spacial score (nSPS) is 11.2. The molecule has 0 aliphatic rings. The van der Waals surface area contributed by atoms with Gasteiger partial charge in [0.1, 0.15) is 0 Å². The van der Waals surface area contributed by atoms with Gasteiger partial charge in [0.25, 0.3) is 0 Å². The van der Waals surface area contributed by atoms with Crippen LogP contribution in [0, 0.1) is 6.92 Å². The Bertz CT molecular complexity index is 827. The first kappa shape index (κ1) is 12.5. The highest BCUT2D eigenvalue weighted by Gasteiger charge is 2.16. The lowest BCUT2D eigenvalue weighted by Gasteiger charge is -2.04. The summed E-state index contributed by atoms with van der Waals surface area (Å²) in [6, 6.07) is 9.92. The summed E-state index contributed by atoms with van der Waals surface area (Å²) in [6.07, 6.45) is 0. The maximum atomic E-state index is 11.0. The molecule has 2 aromatic heterocycles. The molecule has 0 unspecified atom stereocenters. The van der Waals surface area contributed by atoms with Gasteiger partial charge in [0.2, 0.25) is 0 Å². The van der Waals surface area contributed by atoms with Crippen molar-refractivity contribution in [3.8, 4) is 11.4 Å². The summed E-state index contributed by atoms with van der Waals surface area (Å²) in [7, 11) is 3.73. The number of carboxylic acids is 1. The van der Waals surface area contributed by atoms with Crippen molar-refractivity contribution in [1.29, 1.82) is 0 Å². The van der Waals surface area contributed by atoms with Crippen LogP contribution in [0.1, 0.15) is 16.1 Å². The number of nitrogens with zero attached hydrogens (tertiary/aromatic N) is 3. The van der Waals surface area contributed by atoms with Crippen molar-refractivity contribution >= 4 is 16.9 Å². The molecule has 0 radical (unpaired) electrons. The first-order chi connectivity index (χ1) is 9.47. The van der Waals surface area contributed by atoms with Gasteiger partial charge in [0.15, 0.2) is 5.69 Å². The van der Waals surface area contributed by atoms with Crippen molar-refractivity contribution < 1.29 is 9.90 Å². The van der Waals surface area contributed by atoms with Crippen LogP contribution in [0.25, 0.3) is 22.3 Å². The van der Waals surface area contributed by atoms with E-state index in [2.05, 4.69) is 40.9 Å². The quantitative estimate of drug-likeness (QED) is 0.778. The fraction of sp³-hybridized carbons (Fsp3) is 0.200. The van der Waals surface area contributed by atoms with Gasteiger partial charge in [-0.1, -0.05) is 11.6 Å². The predicted octanol–water partition coefficient (Wildman–Crippen LogP) is 2.59. The average molecular weight is 269 g/mol. The van der Waals surface area contributed by atoms with E-state index in [9.17, 15) is 4.79 Å². The van der Waals surface area contributed by atoms with Crippen molar-refractivity contribution in [2.24, 2.45) is 14.1 Å². The van der Waals surface area contributed by atoms with Crippen LogP contribution in [-0.2, 0) is 14.1 Å². The Kier molecular flexibility index (Phi) is 2.64. The standard InChI is InChI=1S/C15H15N3O2/c1-9-4-5-12-10(6-9)7-13(17(12)2)14-8-11(15(19)20)16-18(14)3/h4-8H,1-3H3,(H,19,20). The Balaban J connectivity index is 2.24. The second-order valence-corrected chi connectivity index (χ2v) is 4.99. The summed E-state index contributed by atoms with van der Waals surface area (Å²) in [5, 5.41) is 14.2. The molecule has 3 rings (SSSR count). The largest absolute Gasteiger partial charge is 0.476 e. The number of fused-ring (bicyclic) bond motifs is 1. The average Bonchev–Trinajstić information content (AvgIpc) is 2.91. The van der Waals surface area contributed by atoms with Crippen LogP contribution in [0.5, 0.6) is 0 Å². The molecule has 0 spiro atoms. The zero-order valence-corrected chi connectivity index (χ0v) is 11.6. The maximum Gasteiger partial charge on any atom is 0.356 e. The molecule has 20 heavy (non-hydrogen) atoms. The highest BCUT2D eigenvalue weighted by Crippen LogP contribution is 2.28. The van der Waals surface area contributed by atoms with E-state index in [1.807, 2.05) is 7.05 Å². The molecule has 0 saturated heterocycles. The lowest BCUT2D eigenvalue weighted by Crippen LogP contribution is -2.00. The van der Waals surface area contributed by atoms with E-state index in [0.717, 1.165) is 22.3 Å². The number of carboxylic acid groups (broad SMARTS) is 1. The van der Waals surface area contributed by atoms with E-state index < -0.39 is 5.97 Å². The molecule has 102 valence electrons. The fourth-order valence-electron chi connectivity index (χ4n) is 2.53. The summed E-state index contributed by atoms with van der Waals surface area (Å²) < 4.78 is 3.65. The summed E-state index contributed by atoms with van der Waals surface area (Å²) in [4.78, 5) is 11.0. The molecule has 1 aromatic carbocycles. The van der Waals surface area contributed by atoms with Crippen molar-refractivity contribution in [1.82, 2.24) is 14.3 Å². The lowest BCUT2D eigenvalue weighted by molar-refractivity contribution is 0.0689. The number of rotatable bonds is 2. The zero-order chi connectivity index (χ0) is 14.4. The van der Waals surface area contributed by atoms with Gasteiger partial charge in [0.05, 0.1) is 11.4 Å². The van der Waals surface area contributed by atoms with Crippen LogP contribution in [-0.4, -0.2) is 25.4 Å². The van der Waals surface area contributed by atoms with E-state index in [1.165, 1.54) is 5.56 Å². The van der Waals surface area contributed by atoms with Gasteiger partial charge in [-0.3, -0.25) is 4.68 Å². The number of hydrogen-bond donors (Lipinski definition) is 1. The van der Waals surface area contributed by atoms with Crippen LogP contribution in [0.15, 0.2) is 30.3 Å². The second kappa shape index (κ2) is 4.23. The molecule has 0 aliphatic heterocycles. The van der Waals surface area contributed by atoms with Crippen molar-refractivity contribution in [2.45, 2.75) is 6.92 Å². The molecule has 1 N–H and O–H groups in total. The molecule has 0 saturated carbocycles. The van der Waals surface area contributed by atoms with E-state index in [1.54, 1.807) is 17.8 Å². The van der Waals surface area contributed by atoms with Gasteiger partial charge in [-0.05, 0) is 25.1 Å². The first-order valence-electron chi connectivity index (χ1n) is 6.31. The SMILES string of the molecule is Cc1ccc2c(c1)cc(-c1cc(C(=O)O)nn1C)n2C. The van der Waals surface area contributed by atoms with E-state index in [0.29, 0.717) is 0 Å². The Morgan fingerprint density at radius 2 is 1.90 bits per heavy atom. The molecule has 5 nitrogen and oxygen atoms in total. The van der Waals surface area contributed by atoms with E-state index in [4.69, 9.17) is 5.11 Å². The van der Waals surface area contributed by atoms with Gasteiger partial charge in [-0.2, -0.15) is 5.10 Å². The molecular weight excluding hydrogens is 254 g/mol. The molecule has 3 aromatic rings. The summed E-state index contributed by atoms with van der Waals surface area (Å²) in [5.41, 5.74) is 4.12. The van der Waals surface area contributed by atoms with Crippen molar-refractivity contribution in [2.75, 3.05) is 0 Å². The van der Waals surface area contributed by atoms with Gasteiger partial charge >= 0.3 is 5.97 Å². The van der Waals surface area contributed by atoms with Gasteiger partial charge in [-0.25, -0.2) is 4.79 Å². The Hall–Kier alpha value is -2.56. The highest BCUT2D eigenvalue weighted by atomic mass is 16.4. The molecule has 0 atom stereocenters. The number of hydrogen-bond acceptors (Lipinski definition) is 2. The highest BCUT2D eigenvalue weighted by molar-refractivity contribution is 5.90. The molecule has 2 heterocycles. The molecule has 0 fully saturated rings. The van der Waals surface area contributed by atoms with Crippen LogP contribution >= 0.6 is 0 Å². The monoisotopic (exact) mass is 269 g/mol. The minimum absolute atomic E-state index is 0.0592. The van der Waals surface area contributed by atoms with Crippen LogP contribution in [0.4, 0.5) is 0 Å². The number of aromatic nitrogens is 3. The number of aryl methyl sites for hydroxylation is 3. The zero-order valence-electron chi connectivity index (χ0n) is 11.6. The fourth-order valence-corrected chi connectivity index (χ4v) is 2.53. The van der Waals surface area contributed by atoms with Crippen LogP contribution in [0.3, 0.4) is 0 Å². The van der Waals surface area contributed by atoms with Crippen LogP contribution < -0.4 is 0 Å². The van der Waals surface area contributed by atoms with Gasteiger partial charge < -0.3 is 9.67 Å². The third-order valence-corrected chi connectivity index (χ3v) is 3.56. The predicted molar refractivity (Wildman–Crippen MR) is 76.8 cm³/mol. The smallest absolute Gasteiger partial charge is 0.356 e. The summed E-state index contributed by atoms with van der Waals surface area (Å²) >= 11 is 0. The molecule has 5 heteroatoms. The number of aromatic carboxylic acids is 1. The minimum Gasteiger partial charge on any atom is -0.476 e. The Labute approximate surface area is 116 Å². The maximum absolute atomic E-state index is 11.0. The van der Waals surface area contributed by atoms with Gasteiger partial charge in [-0.15, -0.1) is 0 Å². The van der Waals surface area contributed by atoms with Crippen molar-refractivity contribution in [3.63, 3.8) is 0 Å². The molecule has 0 aliphatic carbocycles. The number of benzene rings is 1. The second-order valence-electron chi connectivity index (χ2n) is 4.99. The lowest BCUT2D eigenvalue weighted by atomic mass is 10.2. The summed E-state index contributed by atoms with van der Waals surface area (Å²) in [5.74, 6) is -1.01. The molecule has 0 amide bonds. The summed E-state index contributed by atoms with van der Waals surface area (Å²) in [6.45, 7) is 2.05. The van der Waals surface area contributed by atoms with Crippen molar-refractivity contribution in [3.05, 3.63) is 41.6 Å². The minimum atomic E-state index is -1.01. The topological polar surface area (TPSA) is 60.0 Å². The van der Waals surface area contributed by atoms with Gasteiger partial charge in [0, 0.05) is 31.1 Å². The van der Waals surface area contributed by atoms with E-state index >= 15 is 0 Å². The Morgan fingerprint density at radius 3 is 2.55 bits per heavy atom. The third kappa shape index (κ3) is 1.79.